The first kappa shape index (κ1) is 13.7. The van der Waals surface area contributed by atoms with Crippen molar-refractivity contribution in [1.82, 2.24) is 9.78 Å². The maximum absolute atomic E-state index is 6.23. The molecule has 1 aromatic carbocycles. The maximum atomic E-state index is 6.23. The second-order valence-corrected chi connectivity index (χ2v) is 5.77. The molecule has 0 aliphatic carbocycles. The molecule has 0 spiro atoms. The smallest absolute Gasteiger partial charge is 0.141 e. The highest BCUT2D eigenvalue weighted by Crippen LogP contribution is 2.32. The Morgan fingerprint density at radius 2 is 2.06 bits per heavy atom. The molecule has 0 saturated carbocycles. The van der Waals surface area contributed by atoms with Gasteiger partial charge in [-0.2, -0.15) is 5.10 Å². The van der Waals surface area contributed by atoms with Crippen LogP contribution in [0.2, 0.25) is 10.0 Å². The molecule has 6 heteroatoms. The predicted molar refractivity (Wildman–Crippen MR) is 79.4 cm³/mol. The fraction of sp³-hybridized carbons (Fsp3) is 0.250. The van der Waals surface area contributed by atoms with E-state index in [0.29, 0.717) is 21.6 Å². The van der Waals surface area contributed by atoms with Crippen molar-refractivity contribution in [2.75, 3.05) is 5.73 Å². The van der Waals surface area contributed by atoms with Crippen LogP contribution in [0.5, 0.6) is 0 Å². The third-order valence-corrected chi connectivity index (χ3v) is 4.11. The molecule has 0 radical (unpaired) electrons. The van der Waals surface area contributed by atoms with Gasteiger partial charge in [-0.1, -0.05) is 45.2 Å². The maximum Gasteiger partial charge on any atom is 0.141 e. The molecule has 3 nitrogen and oxygen atoms in total. The van der Waals surface area contributed by atoms with Gasteiger partial charge >= 0.3 is 0 Å². The van der Waals surface area contributed by atoms with Gasteiger partial charge in [-0.15, -0.1) is 0 Å². The Morgan fingerprint density at radius 3 is 2.56 bits per heavy atom. The average Bonchev–Trinajstić information content (AvgIpc) is 2.56. The van der Waals surface area contributed by atoms with E-state index < -0.39 is 0 Å². The van der Waals surface area contributed by atoms with E-state index in [2.05, 4.69) is 21.0 Å². The van der Waals surface area contributed by atoms with Gasteiger partial charge in [0.2, 0.25) is 0 Å². The molecule has 0 fully saturated rings. The highest BCUT2D eigenvalue weighted by molar-refractivity contribution is 9.10. The first-order valence-corrected chi connectivity index (χ1v) is 6.91. The zero-order valence-electron chi connectivity index (χ0n) is 9.92. The summed E-state index contributed by atoms with van der Waals surface area (Å²) in [4.78, 5) is 0. The molecule has 2 rings (SSSR count). The Hall–Kier alpha value is -0.710. The van der Waals surface area contributed by atoms with Crippen LogP contribution in [-0.2, 0) is 0 Å². The van der Waals surface area contributed by atoms with Gasteiger partial charge < -0.3 is 5.73 Å². The van der Waals surface area contributed by atoms with Crippen LogP contribution in [0.15, 0.2) is 22.7 Å². The first-order chi connectivity index (χ1) is 8.41. The number of nitrogen functional groups attached to an aromatic ring is 1. The quantitative estimate of drug-likeness (QED) is 0.871. The van der Waals surface area contributed by atoms with Crippen molar-refractivity contribution in [1.29, 1.82) is 0 Å². The molecule has 96 valence electrons. The molecule has 18 heavy (non-hydrogen) atoms. The van der Waals surface area contributed by atoms with Gasteiger partial charge in [0.1, 0.15) is 10.8 Å². The monoisotopic (exact) mass is 347 g/mol. The number of hydrogen-bond donors (Lipinski definition) is 1. The fourth-order valence-electron chi connectivity index (χ4n) is 1.81. The Labute approximate surface area is 124 Å². The van der Waals surface area contributed by atoms with Crippen LogP contribution in [-0.4, -0.2) is 9.78 Å². The summed E-state index contributed by atoms with van der Waals surface area (Å²) in [5.74, 6) is 0.459. The third-order valence-electron chi connectivity index (χ3n) is 2.83. The summed E-state index contributed by atoms with van der Waals surface area (Å²) in [5.41, 5.74) is 7.60. The van der Waals surface area contributed by atoms with Crippen molar-refractivity contribution < 1.29 is 0 Å². The standard InChI is InChI=1S/C12H12BrCl2N3/c1-6-11(15)12(16)18(17-6)7(2)9-4-3-8(13)5-10(9)14/h3-5,7H,16H2,1-2H3. The molecule has 0 bridgehead atoms. The van der Waals surface area contributed by atoms with Crippen LogP contribution in [0.1, 0.15) is 24.2 Å². The molecule has 1 atom stereocenters. The minimum Gasteiger partial charge on any atom is -0.383 e. The van der Waals surface area contributed by atoms with Crippen molar-refractivity contribution >= 4 is 44.9 Å². The number of aryl methyl sites for hydroxylation is 1. The normalized spacial score (nSPS) is 12.7. The molecule has 0 aliphatic heterocycles. The van der Waals surface area contributed by atoms with Gasteiger partial charge in [0.25, 0.3) is 0 Å². The van der Waals surface area contributed by atoms with E-state index in [1.165, 1.54) is 0 Å². The van der Waals surface area contributed by atoms with Gasteiger partial charge in [0.15, 0.2) is 0 Å². The number of anilines is 1. The number of halogens is 3. The lowest BCUT2D eigenvalue weighted by Crippen LogP contribution is -2.12. The number of rotatable bonds is 2. The van der Waals surface area contributed by atoms with E-state index in [1.54, 1.807) is 4.68 Å². The average molecular weight is 349 g/mol. The van der Waals surface area contributed by atoms with Crippen LogP contribution in [0.25, 0.3) is 0 Å². The van der Waals surface area contributed by atoms with E-state index in [4.69, 9.17) is 28.9 Å². The minimum atomic E-state index is -0.0724. The summed E-state index contributed by atoms with van der Waals surface area (Å²) in [6, 6.07) is 5.66. The van der Waals surface area contributed by atoms with Gasteiger partial charge in [-0.25, -0.2) is 4.68 Å². The van der Waals surface area contributed by atoms with Crippen molar-refractivity contribution in [3.63, 3.8) is 0 Å². The molecule has 1 unspecified atom stereocenters. The molecule has 1 heterocycles. The Balaban J connectivity index is 2.47. The molecule has 2 aromatic rings. The summed E-state index contributed by atoms with van der Waals surface area (Å²) in [6.07, 6.45) is 0. The number of aromatic nitrogens is 2. The molecular weight excluding hydrogens is 337 g/mol. The molecule has 2 N–H and O–H groups in total. The fourth-order valence-corrected chi connectivity index (χ4v) is 2.77. The van der Waals surface area contributed by atoms with Crippen LogP contribution in [0.4, 0.5) is 5.82 Å². The van der Waals surface area contributed by atoms with Gasteiger partial charge in [0, 0.05) is 9.50 Å². The topological polar surface area (TPSA) is 43.8 Å². The summed E-state index contributed by atoms with van der Waals surface area (Å²) >= 11 is 15.7. The summed E-state index contributed by atoms with van der Waals surface area (Å²) in [6.45, 7) is 3.80. The molecule has 0 saturated heterocycles. The number of hydrogen-bond acceptors (Lipinski definition) is 2. The van der Waals surface area contributed by atoms with Crippen LogP contribution >= 0.6 is 39.1 Å². The van der Waals surface area contributed by atoms with Crippen molar-refractivity contribution in [2.45, 2.75) is 19.9 Å². The number of nitrogens with zero attached hydrogens (tertiary/aromatic N) is 2. The summed E-state index contributed by atoms with van der Waals surface area (Å²) in [5, 5.41) is 5.50. The Bertz CT molecular complexity index is 595. The van der Waals surface area contributed by atoms with E-state index in [-0.39, 0.29) is 6.04 Å². The highest BCUT2D eigenvalue weighted by Gasteiger charge is 2.18. The Kier molecular flexibility index (Phi) is 3.90. The van der Waals surface area contributed by atoms with E-state index in [1.807, 2.05) is 32.0 Å². The predicted octanol–water partition coefficient (Wildman–Crippen LogP) is 4.45. The molecule has 1 aromatic heterocycles. The third kappa shape index (κ3) is 2.37. The lowest BCUT2D eigenvalue weighted by molar-refractivity contribution is 0.569. The Morgan fingerprint density at radius 1 is 1.39 bits per heavy atom. The van der Waals surface area contributed by atoms with Crippen molar-refractivity contribution in [2.24, 2.45) is 0 Å². The largest absolute Gasteiger partial charge is 0.383 e. The van der Waals surface area contributed by atoms with E-state index in [0.717, 1.165) is 10.0 Å². The first-order valence-electron chi connectivity index (χ1n) is 5.37. The van der Waals surface area contributed by atoms with Gasteiger partial charge in [0.05, 0.1) is 11.7 Å². The van der Waals surface area contributed by atoms with Crippen LogP contribution < -0.4 is 5.73 Å². The van der Waals surface area contributed by atoms with Crippen LogP contribution in [0, 0.1) is 6.92 Å². The highest BCUT2D eigenvalue weighted by atomic mass is 79.9. The van der Waals surface area contributed by atoms with Crippen LogP contribution in [0.3, 0.4) is 0 Å². The van der Waals surface area contributed by atoms with Gasteiger partial charge in [-0.05, 0) is 31.5 Å². The zero-order chi connectivity index (χ0) is 13.4. The second-order valence-electron chi connectivity index (χ2n) is 4.07. The van der Waals surface area contributed by atoms with Gasteiger partial charge in [-0.3, -0.25) is 0 Å². The summed E-state index contributed by atoms with van der Waals surface area (Å²) < 4.78 is 2.62. The molecular formula is C12H12BrCl2N3. The summed E-state index contributed by atoms with van der Waals surface area (Å²) in [7, 11) is 0. The molecule has 0 aliphatic rings. The lowest BCUT2D eigenvalue weighted by Gasteiger charge is -2.16. The molecule has 0 amide bonds. The lowest BCUT2D eigenvalue weighted by atomic mass is 10.1. The van der Waals surface area contributed by atoms with Crippen molar-refractivity contribution in [3.8, 4) is 0 Å². The second kappa shape index (κ2) is 5.11. The zero-order valence-corrected chi connectivity index (χ0v) is 13.0. The van der Waals surface area contributed by atoms with Crippen molar-refractivity contribution in [3.05, 3.63) is 44.0 Å². The van der Waals surface area contributed by atoms with E-state index >= 15 is 0 Å². The number of nitrogens with two attached hydrogens (primary N) is 1. The SMILES string of the molecule is Cc1nn(C(C)c2ccc(Br)cc2Cl)c(N)c1Cl. The number of benzene rings is 1. The minimum absolute atomic E-state index is 0.0724. The van der Waals surface area contributed by atoms with E-state index in [9.17, 15) is 0 Å².